The number of nitrogens with zero attached hydrogens (tertiary/aromatic N) is 1. The van der Waals surface area contributed by atoms with Crippen molar-refractivity contribution in [1.29, 1.82) is 0 Å². The van der Waals surface area contributed by atoms with Gasteiger partial charge in [-0.25, -0.2) is 4.79 Å². The van der Waals surface area contributed by atoms with Crippen LogP contribution in [0.4, 0.5) is 10.5 Å². The molecule has 0 spiro atoms. The minimum Gasteiger partial charge on any atom is -0.354 e. The van der Waals surface area contributed by atoms with Crippen LogP contribution in [0, 0.1) is 0 Å². The molecular formula is C12H14Cl2N2O2. The Hall–Kier alpha value is -0.970. The molecule has 0 bridgehead atoms. The highest BCUT2D eigenvalue weighted by atomic mass is 35.5. The molecule has 4 nitrogen and oxygen atoms in total. The number of anilines is 1. The Bertz CT molecular complexity index is 477. The van der Waals surface area contributed by atoms with Crippen molar-refractivity contribution in [3.8, 4) is 0 Å². The number of nitrogens with one attached hydrogen (secondary N) is 1. The molecule has 0 radical (unpaired) electrons. The Morgan fingerprint density at radius 1 is 1.39 bits per heavy atom. The smallest absolute Gasteiger partial charge is 0.324 e. The van der Waals surface area contributed by atoms with Gasteiger partial charge in [0.15, 0.2) is 0 Å². The maximum atomic E-state index is 12.1. The first-order valence-electron chi connectivity index (χ1n) is 5.58. The van der Waals surface area contributed by atoms with E-state index in [0.29, 0.717) is 28.9 Å². The molecule has 2 rings (SSSR count). The Balaban J connectivity index is 2.09. The maximum Gasteiger partial charge on any atom is 0.324 e. The first-order chi connectivity index (χ1) is 8.40. The molecule has 6 heteroatoms. The summed E-state index contributed by atoms with van der Waals surface area (Å²) in [6, 6.07) is 4.75. The highest BCUT2D eigenvalue weighted by Crippen LogP contribution is 2.27. The summed E-state index contributed by atoms with van der Waals surface area (Å²) in [7, 11) is 0. The number of carbonyl (C=O) groups is 1. The van der Waals surface area contributed by atoms with Gasteiger partial charge in [-0.2, -0.15) is 0 Å². The SMILES string of the molecule is CC1(C)OCCN1C(=O)Nc1ccc(Cl)c(Cl)c1. The summed E-state index contributed by atoms with van der Waals surface area (Å²) < 4.78 is 5.47. The standard InChI is InChI=1S/C12H14Cl2N2O2/c1-12(2)16(5-6-18-12)11(17)15-8-3-4-9(13)10(14)7-8/h3-4,7H,5-6H2,1-2H3,(H,15,17). The summed E-state index contributed by atoms with van der Waals surface area (Å²) in [6.07, 6.45) is 0. The number of ether oxygens (including phenoxy) is 1. The molecule has 0 unspecified atom stereocenters. The molecule has 1 saturated heterocycles. The van der Waals surface area contributed by atoms with Gasteiger partial charge in [-0.1, -0.05) is 23.2 Å². The Kier molecular flexibility index (Phi) is 3.71. The van der Waals surface area contributed by atoms with Crippen molar-refractivity contribution in [1.82, 2.24) is 4.90 Å². The molecule has 18 heavy (non-hydrogen) atoms. The van der Waals surface area contributed by atoms with Crippen molar-refractivity contribution >= 4 is 34.9 Å². The molecule has 0 aliphatic carbocycles. The second-order valence-corrected chi connectivity index (χ2v) is 5.32. The zero-order valence-corrected chi connectivity index (χ0v) is 11.7. The Morgan fingerprint density at radius 2 is 2.11 bits per heavy atom. The van der Waals surface area contributed by atoms with E-state index in [0.717, 1.165) is 0 Å². The van der Waals surface area contributed by atoms with Crippen LogP contribution in [-0.2, 0) is 4.74 Å². The van der Waals surface area contributed by atoms with Crippen LogP contribution in [0.5, 0.6) is 0 Å². The van der Waals surface area contributed by atoms with Gasteiger partial charge in [0.1, 0.15) is 5.72 Å². The van der Waals surface area contributed by atoms with E-state index in [1.807, 2.05) is 13.8 Å². The highest BCUT2D eigenvalue weighted by molar-refractivity contribution is 6.42. The molecule has 1 heterocycles. The number of carbonyl (C=O) groups excluding carboxylic acids is 1. The molecule has 2 amide bonds. The van der Waals surface area contributed by atoms with Gasteiger partial charge in [0.2, 0.25) is 0 Å². The summed E-state index contributed by atoms with van der Waals surface area (Å²) >= 11 is 11.7. The minimum absolute atomic E-state index is 0.212. The van der Waals surface area contributed by atoms with Gasteiger partial charge in [0.05, 0.1) is 16.7 Å². The van der Waals surface area contributed by atoms with Gasteiger partial charge in [-0.05, 0) is 32.0 Å². The first kappa shape index (κ1) is 13.5. The molecule has 0 aromatic heterocycles. The molecule has 1 fully saturated rings. The third-order valence-corrected chi connectivity index (χ3v) is 3.58. The summed E-state index contributed by atoms with van der Waals surface area (Å²) in [6.45, 7) is 4.82. The van der Waals surface area contributed by atoms with Crippen LogP contribution in [0.1, 0.15) is 13.8 Å². The molecule has 0 atom stereocenters. The lowest BCUT2D eigenvalue weighted by molar-refractivity contribution is -0.0284. The second kappa shape index (κ2) is 4.96. The zero-order chi connectivity index (χ0) is 13.3. The third kappa shape index (κ3) is 2.71. The van der Waals surface area contributed by atoms with Crippen molar-refractivity contribution in [2.75, 3.05) is 18.5 Å². The van der Waals surface area contributed by atoms with E-state index in [1.165, 1.54) is 0 Å². The minimum atomic E-state index is -0.583. The van der Waals surface area contributed by atoms with Crippen LogP contribution in [0.15, 0.2) is 18.2 Å². The van der Waals surface area contributed by atoms with E-state index >= 15 is 0 Å². The Labute approximate surface area is 116 Å². The number of halogens is 2. The van der Waals surface area contributed by atoms with Crippen LogP contribution >= 0.6 is 23.2 Å². The average Bonchev–Trinajstić information content (AvgIpc) is 2.63. The number of benzene rings is 1. The summed E-state index contributed by atoms with van der Waals surface area (Å²) in [5, 5.41) is 3.64. The fraction of sp³-hybridized carbons (Fsp3) is 0.417. The van der Waals surface area contributed by atoms with Crippen LogP contribution in [0.2, 0.25) is 10.0 Å². The topological polar surface area (TPSA) is 41.6 Å². The van der Waals surface area contributed by atoms with Gasteiger partial charge >= 0.3 is 6.03 Å². The second-order valence-electron chi connectivity index (χ2n) is 4.51. The quantitative estimate of drug-likeness (QED) is 0.858. The van der Waals surface area contributed by atoms with Crippen LogP contribution in [0.25, 0.3) is 0 Å². The summed E-state index contributed by atoms with van der Waals surface area (Å²) in [4.78, 5) is 13.7. The predicted molar refractivity (Wildman–Crippen MR) is 72.2 cm³/mol. The third-order valence-electron chi connectivity index (χ3n) is 2.84. The van der Waals surface area contributed by atoms with Crippen LogP contribution in [0.3, 0.4) is 0 Å². The van der Waals surface area contributed by atoms with E-state index in [-0.39, 0.29) is 6.03 Å². The van der Waals surface area contributed by atoms with Crippen molar-refractivity contribution in [3.63, 3.8) is 0 Å². The molecule has 1 aromatic rings. The molecule has 0 saturated carbocycles. The number of hydrogen-bond acceptors (Lipinski definition) is 2. The number of urea groups is 1. The van der Waals surface area contributed by atoms with Crippen molar-refractivity contribution in [3.05, 3.63) is 28.2 Å². The maximum absolute atomic E-state index is 12.1. The van der Waals surface area contributed by atoms with Gasteiger partial charge in [0.25, 0.3) is 0 Å². The average molecular weight is 289 g/mol. The number of rotatable bonds is 1. The zero-order valence-electron chi connectivity index (χ0n) is 10.2. The van der Waals surface area contributed by atoms with Gasteiger partial charge < -0.3 is 10.1 Å². The predicted octanol–water partition coefficient (Wildman–Crippen LogP) is 3.59. The van der Waals surface area contributed by atoms with E-state index in [1.54, 1.807) is 23.1 Å². The van der Waals surface area contributed by atoms with E-state index < -0.39 is 5.72 Å². The normalized spacial score (nSPS) is 17.9. The monoisotopic (exact) mass is 288 g/mol. The van der Waals surface area contributed by atoms with Gasteiger partial charge in [-0.15, -0.1) is 0 Å². The van der Waals surface area contributed by atoms with Crippen molar-refractivity contribution < 1.29 is 9.53 Å². The van der Waals surface area contributed by atoms with E-state index in [2.05, 4.69) is 5.32 Å². The van der Waals surface area contributed by atoms with E-state index in [9.17, 15) is 4.79 Å². The van der Waals surface area contributed by atoms with Crippen LogP contribution < -0.4 is 5.32 Å². The lowest BCUT2D eigenvalue weighted by atomic mass is 10.3. The van der Waals surface area contributed by atoms with Gasteiger partial charge in [-0.3, -0.25) is 4.90 Å². The fourth-order valence-corrected chi connectivity index (χ4v) is 2.14. The number of hydrogen-bond donors (Lipinski definition) is 1. The molecule has 1 N–H and O–H groups in total. The van der Waals surface area contributed by atoms with Gasteiger partial charge in [0, 0.05) is 12.2 Å². The fourth-order valence-electron chi connectivity index (χ4n) is 1.84. The lowest BCUT2D eigenvalue weighted by Gasteiger charge is -2.29. The molecular weight excluding hydrogens is 275 g/mol. The van der Waals surface area contributed by atoms with Crippen LogP contribution in [-0.4, -0.2) is 29.8 Å². The number of amides is 2. The largest absolute Gasteiger partial charge is 0.354 e. The van der Waals surface area contributed by atoms with Crippen molar-refractivity contribution in [2.45, 2.75) is 19.6 Å². The summed E-state index contributed by atoms with van der Waals surface area (Å²) in [5.41, 5.74) is 0.0254. The highest BCUT2D eigenvalue weighted by Gasteiger charge is 2.36. The Morgan fingerprint density at radius 3 is 2.67 bits per heavy atom. The molecule has 1 aliphatic heterocycles. The van der Waals surface area contributed by atoms with E-state index in [4.69, 9.17) is 27.9 Å². The summed E-state index contributed by atoms with van der Waals surface area (Å²) in [5.74, 6) is 0. The first-order valence-corrected chi connectivity index (χ1v) is 6.33. The molecule has 1 aromatic carbocycles. The van der Waals surface area contributed by atoms with Crippen molar-refractivity contribution in [2.24, 2.45) is 0 Å². The molecule has 1 aliphatic rings. The lowest BCUT2D eigenvalue weighted by Crippen LogP contribution is -2.45. The molecule has 98 valence electrons.